The van der Waals surface area contributed by atoms with Gasteiger partial charge in [-0.15, -0.1) is 0 Å². The maximum absolute atomic E-state index is 2.30. The highest BCUT2D eigenvalue weighted by molar-refractivity contribution is 7.99. The molecule has 0 aromatic heterocycles. The number of hydrogen-bond acceptors (Lipinski definition) is 1. The van der Waals surface area contributed by atoms with Gasteiger partial charge in [0.05, 0.1) is 0 Å². The van der Waals surface area contributed by atoms with Crippen molar-refractivity contribution >= 4 is 11.8 Å². The molecule has 0 aliphatic rings. The molecule has 0 aliphatic heterocycles. The molecular weight excluding hydrogens is 164 g/mol. The summed E-state index contributed by atoms with van der Waals surface area (Å²) in [5, 5.41) is 0. The third kappa shape index (κ3) is 10.3. The van der Waals surface area contributed by atoms with Gasteiger partial charge in [-0.05, 0) is 30.3 Å². The van der Waals surface area contributed by atoms with Crippen LogP contribution in [0.4, 0.5) is 0 Å². The summed E-state index contributed by atoms with van der Waals surface area (Å²) in [5.74, 6) is 3.63. The molecule has 0 radical (unpaired) electrons. The molecule has 0 atom stereocenters. The van der Waals surface area contributed by atoms with Crippen LogP contribution in [0.5, 0.6) is 0 Å². The molecule has 0 bridgehead atoms. The lowest BCUT2D eigenvalue weighted by molar-refractivity contribution is 0.631. The van der Waals surface area contributed by atoms with E-state index < -0.39 is 0 Å². The van der Waals surface area contributed by atoms with Crippen molar-refractivity contribution in [3.63, 3.8) is 0 Å². The first kappa shape index (κ1) is 12.3. The zero-order valence-corrected chi connectivity index (χ0v) is 9.75. The standard InChI is InChI=1S/C11H24S/c1-4-5-6-7-9-12-10-8-11(2)3/h11H,4-10H2,1-3H3. The number of rotatable bonds is 8. The lowest BCUT2D eigenvalue weighted by Crippen LogP contribution is -1.90. The molecule has 0 unspecified atom stereocenters. The number of unbranched alkanes of at least 4 members (excludes halogenated alkanes) is 3. The van der Waals surface area contributed by atoms with Crippen LogP contribution in [0.1, 0.15) is 52.9 Å². The van der Waals surface area contributed by atoms with Crippen LogP contribution >= 0.6 is 11.8 Å². The molecule has 12 heavy (non-hydrogen) atoms. The fraction of sp³-hybridized carbons (Fsp3) is 1.00. The second-order valence-corrected chi connectivity index (χ2v) is 5.08. The molecule has 0 saturated carbocycles. The number of hydrogen-bond donors (Lipinski definition) is 0. The first-order valence-electron chi connectivity index (χ1n) is 5.35. The molecule has 0 saturated heterocycles. The van der Waals surface area contributed by atoms with Gasteiger partial charge in [0.15, 0.2) is 0 Å². The van der Waals surface area contributed by atoms with Crippen LogP contribution in [0.2, 0.25) is 0 Å². The molecule has 0 amide bonds. The first-order valence-corrected chi connectivity index (χ1v) is 6.50. The molecule has 0 fully saturated rings. The SMILES string of the molecule is CCCCCCSCCC(C)C. The highest BCUT2D eigenvalue weighted by Crippen LogP contribution is 2.11. The van der Waals surface area contributed by atoms with Crippen LogP contribution in [-0.4, -0.2) is 11.5 Å². The molecule has 0 N–H and O–H groups in total. The molecule has 0 heterocycles. The first-order chi connectivity index (χ1) is 5.77. The van der Waals surface area contributed by atoms with Crippen molar-refractivity contribution in [1.82, 2.24) is 0 Å². The van der Waals surface area contributed by atoms with Crippen LogP contribution in [0.3, 0.4) is 0 Å². The molecule has 0 aliphatic carbocycles. The van der Waals surface area contributed by atoms with E-state index in [9.17, 15) is 0 Å². The molecular formula is C11H24S. The van der Waals surface area contributed by atoms with Crippen LogP contribution in [0.25, 0.3) is 0 Å². The smallest absolute Gasteiger partial charge is 0.00651 e. The minimum absolute atomic E-state index is 0.883. The van der Waals surface area contributed by atoms with Crippen molar-refractivity contribution in [2.24, 2.45) is 5.92 Å². The maximum Gasteiger partial charge on any atom is -0.00651 e. The third-order valence-electron chi connectivity index (χ3n) is 1.98. The van der Waals surface area contributed by atoms with Gasteiger partial charge in [0.1, 0.15) is 0 Å². The van der Waals surface area contributed by atoms with Gasteiger partial charge >= 0.3 is 0 Å². The second-order valence-electron chi connectivity index (χ2n) is 3.86. The fourth-order valence-corrected chi connectivity index (χ4v) is 2.30. The lowest BCUT2D eigenvalue weighted by Gasteiger charge is -2.03. The van der Waals surface area contributed by atoms with Gasteiger partial charge in [-0.1, -0.05) is 40.0 Å². The zero-order valence-electron chi connectivity index (χ0n) is 8.94. The molecule has 1 heteroatoms. The quantitative estimate of drug-likeness (QED) is 0.510. The Balaban J connectivity index is 2.82. The fourth-order valence-electron chi connectivity index (χ4n) is 1.05. The van der Waals surface area contributed by atoms with Crippen LogP contribution in [-0.2, 0) is 0 Å². The van der Waals surface area contributed by atoms with E-state index in [0.29, 0.717) is 0 Å². The van der Waals surface area contributed by atoms with E-state index in [-0.39, 0.29) is 0 Å². The average Bonchev–Trinajstić information content (AvgIpc) is 2.02. The van der Waals surface area contributed by atoms with Crippen molar-refractivity contribution in [3.8, 4) is 0 Å². The summed E-state index contributed by atoms with van der Waals surface area (Å²) in [6, 6.07) is 0. The Kier molecular flexibility index (Phi) is 9.71. The van der Waals surface area contributed by atoms with Gasteiger partial charge in [-0.3, -0.25) is 0 Å². The Morgan fingerprint density at radius 3 is 2.33 bits per heavy atom. The van der Waals surface area contributed by atoms with E-state index in [1.54, 1.807) is 0 Å². The molecule has 0 aromatic carbocycles. The monoisotopic (exact) mass is 188 g/mol. The predicted molar refractivity (Wildman–Crippen MR) is 60.9 cm³/mol. The van der Waals surface area contributed by atoms with Crippen molar-refractivity contribution in [2.45, 2.75) is 52.9 Å². The second kappa shape index (κ2) is 9.44. The highest BCUT2D eigenvalue weighted by Gasteiger charge is 1.94. The van der Waals surface area contributed by atoms with Crippen LogP contribution in [0, 0.1) is 5.92 Å². The summed E-state index contributed by atoms with van der Waals surface area (Å²) < 4.78 is 0. The Morgan fingerprint density at radius 1 is 1.00 bits per heavy atom. The van der Waals surface area contributed by atoms with E-state index in [1.807, 2.05) is 0 Å². The van der Waals surface area contributed by atoms with Gasteiger partial charge in [-0.2, -0.15) is 11.8 Å². The molecule has 0 rings (SSSR count). The van der Waals surface area contributed by atoms with E-state index >= 15 is 0 Å². The van der Waals surface area contributed by atoms with Crippen LogP contribution < -0.4 is 0 Å². The third-order valence-corrected chi connectivity index (χ3v) is 3.08. The van der Waals surface area contributed by atoms with Gasteiger partial charge in [0, 0.05) is 0 Å². The summed E-state index contributed by atoms with van der Waals surface area (Å²) in [4.78, 5) is 0. The van der Waals surface area contributed by atoms with E-state index in [4.69, 9.17) is 0 Å². The highest BCUT2D eigenvalue weighted by atomic mass is 32.2. The van der Waals surface area contributed by atoms with Gasteiger partial charge in [0.2, 0.25) is 0 Å². The van der Waals surface area contributed by atoms with Gasteiger partial charge in [-0.25, -0.2) is 0 Å². The Morgan fingerprint density at radius 2 is 1.75 bits per heavy atom. The topological polar surface area (TPSA) is 0 Å². The van der Waals surface area contributed by atoms with Crippen molar-refractivity contribution < 1.29 is 0 Å². The Bertz CT molecular complexity index is 79.1. The van der Waals surface area contributed by atoms with Crippen LogP contribution in [0.15, 0.2) is 0 Å². The molecule has 0 spiro atoms. The average molecular weight is 188 g/mol. The summed E-state index contributed by atoms with van der Waals surface area (Å²) in [6.07, 6.45) is 7.03. The molecule has 0 nitrogen and oxygen atoms in total. The van der Waals surface area contributed by atoms with Gasteiger partial charge in [0.25, 0.3) is 0 Å². The predicted octanol–water partition coefficient (Wildman–Crippen LogP) is 4.35. The lowest BCUT2D eigenvalue weighted by atomic mass is 10.2. The van der Waals surface area contributed by atoms with Crippen molar-refractivity contribution in [1.29, 1.82) is 0 Å². The zero-order chi connectivity index (χ0) is 9.23. The van der Waals surface area contributed by atoms with Crippen molar-refractivity contribution in [2.75, 3.05) is 11.5 Å². The summed E-state index contributed by atoms with van der Waals surface area (Å²) >= 11 is 2.13. The van der Waals surface area contributed by atoms with Gasteiger partial charge < -0.3 is 0 Å². The Labute approximate surface area is 82.5 Å². The molecule has 74 valence electrons. The minimum atomic E-state index is 0.883. The summed E-state index contributed by atoms with van der Waals surface area (Å²) in [7, 11) is 0. The Hall–Kier alpha value is 0.350. The van der Waals surface area contributed by atoms with E-state index in [2.05, 4.69) is 32.5 Å². The summed E-state index contributed by atoms with van der Waals surface area (Å²) in [5.41, 5.74) is 0. The molecule has 0 aromatic rings. The summed E-state index contributed by atoms with van der Waals surface area (Å²) in [6.45, 7) is 6.88. The van der Waals surface area contributed by atoms with E-state index in [1.165, 1.54) is 43.6 Å². The number of thioether (sulfide) groups is 1. The maximum atomic E-state index is 2.30. The van der Waals surface area contributed by atoms with E-state index in [0.717, 1.165) is 5.92 Å². The largest absolute Gasteiger partial charge is 0.162 e. The van der Waals surface area contributed by atoms with Crippen molar-refractivity contribution in [3.05, 3.63) is 0 Å². The normalized spacial score (nSPS) is 11.0. The minimum Gasteiger partial charge on any atom is -0.162 e.